The lowest BCUT2D eigenvalue weighted by Crippen LogP contribution is -2.15. The first-order valence-corrected chi connectivity index (χ1v) is 9.64. The van der Waals surface area contributed by atoms with Crippen LogP contribution >= 0.6 is 11.6 Å². The molecule has 0 saturated carbocycles. The minimum atomic E-state index is -3.82. The molecule has 1 aromatic heterocycles. The molecule has 26 heavy (non-hydrogen) atoms. The molecule has 2 aromatic carbocycles. The van der Waals surface area contributed by atoms with Crippen LogP contribution < -0.4 is 4.72 Å². The van der Waals surface area contributed by atoms with Gasteiger partial charge in [0.15, 0.2) is 0 Å². The number of aryl methyl sites for hydroxylation is 1. The second-order valence-corrected chi connectivity index (χ2v) is 7.92. The van der Waals surface area contributed by atoms with E-state index < -0.39 is 10.0 Å². The average Bonchev–Trinajstić information content (AvgIpc) is 2.60. The zero-order valence-electron chi connectivity index (χ0n) is 14.1. The van der Waals surface area contributed by atoms with Crippen molar-refractivity contribution in [2.24, 2.45) is 0 Å². The van der Waals surface area contributed by atoms with Crippen LogP contribution in [0.15, 0.2) is 59.6 Å². The molecule has 7 heteroatoms. The van der Waals surface area contributed by atoms with Crippen molar-refractivity contribution >= 4 is 27.4 Å². The van der Waals surface area contributed by atoms with Gasteiger partial charge in [0.25, 0.3) is 10.0 Å². The van der Waals surface area contributed by atoms with Crippen LogP contribution in [0.1, 0.15) is 11.1 Å². The summed E-state index contributed by atoms with van der Waals surface area (Å²) < 4.78 is 41.0. The highest BCUT2D eigenvalue weighted by Crippen LogP contribution is 2.27. The Morgan fingerprint density at radius 2 is 1.85 bits per heavy atom. The van der Waals surface area contributed by atoms with Crippen molar-refractivity contribution in [1.82, 2.24) is 4.98 Å². The fraction of sp³-hybridized carbons (Fsp3) is 0.105. The molecule has 134 valence electrons. The van der Waals surface area contributed by atoms with E-state index in [0.717, 1.165) is 5.56 Å². The van der Waals surface area contributed by atoms with Gasteiger partial charge in [0.1, 0.15) is 11.6 Å². The van der Waals surface area contributed by atoms with E-state index >= 15 is 0 Å². The van der Waals surface area contributed by atoms with E-state index in [-0.39, 0.29) is 16.5 Å². The normalized spacial score (nSPS) is 11.4. The van der Waals surface area contributed by atoms with Crippen LogP contribution in [0.3, 0.4) is 0 Å². The maximum absolute atomic E-state index is 13.5. The number of aromatic nitrogens is 1. The van der Waals surface area contributed by atoms with Crippen LogP contribution in [0.2, 0.25) is 5.02 Å². The first-order chi connectivity index (χ1) is 12.3. The third-order valence-electron chi connectivity index (χ3n) is 4.02. The van der Waals surface area contributed by atoms with Gasteiger partial charge in [-0.25, -0.2) is 17.8 Å². The van der Waals surface area contributed by atoms with Crippen LogP contribution in [-0.4, -0.2) is 13.4 Å². The summed E-state index contributed by atoms with van der Waals surface area (Å²) in [6.45, 7) is 3.51. The molecule has 1 N–H and O–H groups in total. The fourth-order valence-corrected chi connectivity index (χ4v) is 4.10. The van der Waals surface area contributed by atoms with E-state index in [9.17, 15) is 12.8 Å². The van der Waals surface area contributed by atoms with Crippen molar-refractivity contribution in [3.05, 3.63) is 76.7 Å². The first kappa shape index (κ1) is 18.4. The number of anilines is 1. The summed E-state index contributed by atoms with van der Waals surface area (Å²) in [6.07, 6.45) is 1.50. The summed E-state index contributed by atoms with van der Waals surface area (Å²) in [5.41, 5.74) is 2.77. The molecule has 1 heterocycles. The monoisotopic (exact) mass is 390 g/mol. The lowest BCUT2D eigenvalue weighted by molar-refractivity contribution is 0.600. The largest absolute Gasteiger partial charge is 0.263 e. The molecule has 0 saturated heterocycles. The predicted molar refractivity (Wildman–Crippen MR) is 101 cm³/mol. The number of pyridine rings is 1. The molecule has 0 atom stereocenters. The Balaban J connectivity index is 1.90. The van der Waals surface area contributed by atoms with Gasteiger partial charge in [-0.3, -0.25) is 4.72 Å². The van der Waals surface area contributed by atoms with E-state index in [0.29, 0.717) is 21.7 Å². The Kier molecular flexibility index (Phi) is 4.98. The molecule has 0 aliphatic carbocycles. The summed E-state index contributed by atoms with van der Waals surface area (Å²) >= 11 is 6.00. The summed E-state index contributed by atoms with van der Waals surface area (Å²) in [4.78, 5) is 4.24. The van der Waals surface area contributed by atoms with Gasteiger partial charge in [0.2, 0.25) is 0 Å². The SMILES string of the molecule is Cc1ccc(F)cc1-c1ccc(NS(=O)(=O)c2cccc(Cl)c2C)nc1. The second-order valence-electron chi connectivity index (χ2n) is 5.86. The Bertz CT molecular complexity index is 1070. The van der Waals surface area contributed by atoms with Gasteiger partial charge in [-0.2, -0.15) is 0 Å². The van der Waals surface area contributed by atoms with Crippen LogP contribution in [0.4, 0.5) is 10.2 Å². The lowest BCUT2D eigenvalue weighted by atomic mass is 10.0. The molecule has 4 nitrogen and oxygen atoms in total. The number of rotatable bonds is 4. The van der Waals surface area contributed by atoms with Crippen molar-refractivity contribution in [3.63, 3.8) is 0 Å². The van der Waals surface area contributed by atoms with Crippen LogP contribution in [0.5, 0.6) is 0 Å². The van der Waals surface area contributed by atoms with E-state index in [2.05, 4.69) is 9.71 Å². The standard InChI is InChI=1S/C19H16ClFN2O2S/c1-12-6-8-15(21)10-16(12)14-7-9-19(22-11-14)23-26(24,25)18-5-3-4-17(20)13(18)2/h3-11H,1-2H3,(H,22,23). The average molecular weight is 391 g/mol. The van der Waals surface area contributed by atoms with Gasteiger partial charge in [0.05, 0.1) is 4.90 Å². The first-order valence-electron chi connectivity index (χ1n) is 7.78. The lowest BCUT2D eigenvalue weighted by Gasteiger charge is -2.11. The van der Waals surface area contributed by atoms with Gasteiger partial charge in [0, 0.05) is 16.8 Å². The number of hydrogen-bond acceptors (Lipinski definition) is 3. The Hall–Kier alpha value is -2.44. The highest BCUT2D eigenvalue weighted by Gasteiger charge is 2.18. The van der Waals surface area contributed by atoms with Crippen LogP contribution in [-0.2, 0) is 10.0 Å². The summed E-state index contributed by atoms with van der Waals surface area (Å²) in [7, 11) is -3.82. The van der Waals surface area contributed by atoms with Crippen molar-refractivity contribution in [3.8, 4) is 11.1 Å². The van der Waals surface area contributed by atoms with Crippen LogP contribution in [0.25, 0.3) is 11.1 Å². The third-order valence-corrected chi connectivity index (χ3v) is 5.93. The maximum Gasteiger partial charge on any atom is 0.263 e. The maximum atomic E-state index is 13.5. The summed E-state index contributed by atoms with van der Waals surface area (Å²) in [5, 5.41) is 0.373. The number of hydrogen-bond donors (Lipinski definition) is 1. The molecule has 3 aromatic rings. The molecular weight excluding hydrogens is 375 g/mol. The minimum Gasteiger partial charge on any atom is -0.263 e. The van der Waals surface area contributed by atoms with Crippen molar-refractivity contribution < 1.29 is 12.8 Å². The number of nitrogens with one attached hydrogen (secondary N) is 1. The number of sulfonamides is 1. The van der Waals surface area contributed by atoms with E-state index in [1.54, 1.807) is 31.2 Å². The Labute approximate surface area is 156 Å². The molecular formula is C19H16ClFN2O2S. The molecule has 0 fully saturated rings. The van der Waals surface area contributed by atoms with Gasteiger partial charge < -0.3 is 0 Å². The van der Waals surface area contributed by atoms with E-state index in [4.69, 9.17) is 11.6 Å². The van der Waals surface area contributed by atoms with Gasteiger partial charge in [-0.05, 0) is 66.9 Å². The van der Waals surface area contributed by atoms with Gasteiger partial charge in [-0.15, -0.1) is 0 Å². The van der Waals surface area contributed by atoms with Gasteiger partial charge >= 0.3 is 0 Å². The van der Waals surface area contributed by atoms with Crippen LogP contribution in [0, 0.1) is 19.7 Å². The minimum absolute atomic E-state index is 0.0943. The molecule has 0 radical (unpaired) electrons. The molecule has 0 spiro atoms. The number of nitrogens with zero attached hydrogens (tertiary/aromatic N) is 1. The van der Waals surface area contributed by atoms with Crippen molar-refractivity contribution in [1.29, 1.82) is 0 Å². The summed E-state index contributed by atoms with van der Waals surface area (Å²) in [5.74, 6) is -0.172. The molecule has 0 aliphatic rings. The zero-order valence-corrected chi connectivity index (χ0v) is 15.7. The van der Waals surface area contributed by atoms with E-state index in [1.165, 1.54) is 30.5 Å². The number of benzene rings is 2. The molecule has 0 amide bonds. The fourth-order valence-electron chi connectivity index (χ4n) is 2.59. The third kappa shape index (κ3) is 3.71. The van der Waals surface area contributed by atoms with Gasteiger partial charge in [-0.1, -0.05) is 23.7 Å². The highest BCUT2D eigenvalue weighted by molar-refractivity contribution is 7.92. The number of halogens is 2. The van der Waals surface area contributed by atoms with Crippen molar-refractivity contribution in [2.45, 2.75) is 18.7 Å². The Morgan fingerprint density at radius 3 is 2.54 bits per heavy atom. The Morgan fingerprint density at radius 1 is 1.08 bits per heavy atom. The van der Waals surface area contributed by atoms with E-state index in [1.807, 2.05) is 6.92 Å². The molecule has 0 bridgehead atoms. The zero-order chi connectivity index (χ0) is 18.9. The quantitative estimate of drug-likeness (QED) is 0.685. The molecule has 3 rings (SSSR count). The smallest absolute Gasteiger partial charge is 0.263 e. The molecule has 0 unspecified atom stereocenters. The molecule has 0 aliphatic heterocycles. The second kappa shape index (κ2) is 7.05. The summed E-state index contributed by atoms with van der Waals surface area (Å²) in [6, 6.07) is 12.4. The predicted octanol–water partition coefficient (Wildman–Crippen LogP) is 4.96. The van der Waals surface area contributed by atoms with Crippen molar-refractivity contribution in [2.75, 3.05) is 4.72 Å². The highest BCUT2D eigenvalue weighted by atomic mass is 35.5. The topological polar surface area (TPSA) is 59.1 Å².